The van der Waals surface area contributed by atoms with Crippen LogP contribution in [0.3, 0.4) is 0 Å². The maximum Gasteiger partial charge on any atom is 0.221 e. The zero-order valence-electron chi connectivity index (χ0n) is 13.1. The predicted octanol–water partition coefficient (Wildman–Crippen LogP) is 2.19. The number of nitrogens with zero attached hydrogens (tertiary/aromatic N) is 1. The van der Waals surface area contributed by atoms with Crippen molar-refractivity contribution < 1.29 is 18.8 Å². The van der Waals surface area contributed by atoms with Crippen LogP contribution in [0.4, 0.5) is 5.69 Å². The number of hydrogen-bond acceptors (Lipinski definition) is 3. The van der Waals surface area contributed by atoms with Gasteiger partial charge in [0.05, 0.1) is 19.9 Å². The standard InChI is InChI=1S/C17H20N2O3/c1-13(20)18-15-7-10-19(11-8-15)9-6-14-4-5-16(21-2)17(12-14)22-3/h4-5,7-8,10-12H,6,9H2,1-3H3/p+1. The van der Waals surface area contributed by atoms with Crippen LogP contribution in [0.1, 0.15) is 12.5 Å². The lowest BCUT2D eigenvalue weighted by atomic mass is 10.1. The zero-order valence-corrected chi connectivity index (χ0v) is 13.1. The molecule has 0 aliphatic heterocycles. The van der Waals surface area contributed by atoms with Gasteiger partial charge in [0.25, 0.3) is 0 Å². The first-order chi connectivity index (χ1) is 10.6. The first kappa shape index (κ1) is 15.8. The fourth-order valence-corrected chi connectivity index (χ4v) is 2.19. The van der Waals surface area contributed by atoms with Gasteiger partial charge in [0.2, 0.25) is 5.91 Å². The Morgan fingerprint density at radius 1 is 1.09 bits per heavy atom. The molecule has 1 heterocycles. The number of carbonyl (C=O) groups is 1. The third kappa shape index (κ3) is 4.22. The largest absolute Gasteiger partial charge is 0.493 e. The molecule has 0 fully saturated rings. The molecule has 0 saturated carbocycles. The minimum Gasteiger partial charge on any atom is -0.493 e. The van der Waals surface area contributed by atoms with Crippen molar-refractivity contribution >= 4 is 11.6 Å². The van der Waals surface area contributed by atoms with Gasteiger partial charge in [-0.1, -0.05) is 6.07 Å². The third-order valence-corrected chi connectivity index (χ3v) is 3.32. The molecule has 0 radical (unpaired) electrons. The van der Waals surface area contributed by atoms with E-state index in [-0.39, 0.29) is 5.91 Å². The van der Waals surface area contributed by atoms with E-state index in [0.717, 1.165) is 30.2 Å². The highest BCUT2D eigenvalue weighted by Gasteiger charge is 2.07. The van der Waals surface area contributed by atoms with Crippen LogP contribution in [-0.2, 0) is 17.8 Å². The second-order valence-electron chi connectivity index (χ2n) is 4.95. The van der Waals surface area contributed by atoms with Gasteiger partial charge in [-0.25, -0.2) is 4.57 Å². The van der Waals surface area contributed by atoms with Gasteiger partial charge in [-0.05, 0) is 17.7 Å². The van der Waals surface area contributed by atoms with Crippen LogP contribution in [0.5, 0.6) is 11.5 Å². The fourth-order valence-electron chi connectivity index (χ4n) is 2.19. The van der Waals surface area contributed by atoms with E-state index in [1.807, 2.05) is 42.7 Å². The Balaban J connectivity index is 1.99. The van der Waals surface area contributed by atoms with Crippen LogP contribution < -0.4 is 19.4 Å². The highest BCUT2D eigenvalue weighted by Crippen LogP contribution is 2.27. The Morgan fingerprint density at radius 2 is 1.77 bits per heavy atom. The van der Waals surface area contributed by atoms with E-state index in [1.165, 1.54) is 12.5 Å². The molecule has 2 rings (SSSR count). The number of amides is 1. The number of ether oxygens (including phenoxy) is 2. The molecular weight excluding hydrogens is 280 g/mol. The van der Waals surface area contributed by atoms with Crippen LogP contribution in [0, 0.1) is 0 Å². The molecule has 0 saturated heterocycles. The van der Waals surface area contributed by atoms with E-state index in [0.29, 0.717) is 0 Å². The van der Waals surface area contributed by atoms with Gasteiger partial charge < -0.3 is 14.8 Å². The van der Waals surface area contributed by atoms with Crippen molar-refractivity contribution in [1.29, 1.82) is 0 Å². The lowest BCUT2D eigenvalue weighted by Gasteiger charge is -2.08. The molecule has 1 N–H and O–H groups in total. The number of rotatable bonds is 6. The smallest absolute Gasteiger partial charge is 0.221 e. The van der Waals surface area contributed by atoms with E-state index < -0.39 is 0 Å². The van der Waals surface area contributed by atoms with Crippen molar-refractivity contribution in [2.75, 3.05) is 19.5 Å². The Hall–Kier alpha value is -2.56. The Labute approximate surface area is 130 Å². The number of pyridine rings is 1. The number of aromatic nitrogens is 1. The summed E-state index contributed by atoms with van der Waals surface area (Å²) in [7, 11) is 3.27. The van der Waals surface area contributed by atoms with Crippen LogP contribution in [0.15, 0.2) is 42.7 Å². The minimum atomic E-state index is -0.0666. The van der Waals surface area contributed by atoms with Gasteiger partial charge in [-0.15, -0.1) is 0 Å². The lowest BCUT2D eigenvalue weighted by molar-refractivity contribution is -0.696. The summed E-state index contributed by atoms with van der Waals surface area (Å²) < 4.78 is 12.6. The summed E-state index contributed by atoms with van der Waals surface area (Å²) in [6.07, 6.45) is 4.78. The number of aryl methyl sites for hydroxylation is 2. The second kappa shape index (κ2) is 7.45. The van der Waals surface area contributed by atoms with Crippen molar-refractivity contribution in [3.05, 3.63) is 48.3 Å². The molecule has 1 aromatic carbocycles. The average molecular weight is 301 g/mol. The van der Waals surface area contributed by atoms with E-state index in [9.17, 15) is 4.79 Å². The summed E-state index contributed by atoms with van der Waals surface area (Å²) >= 11 is 0. The molecule has 5 nitrogen and oxygen atoms in total. The average Bonchev–Trinajstić information content (AvgIpc) is 2.53. The number of nitrogens with one attached hydrogen (secondary N) is 1. The van der Waals surface area contributed by atoms with Crippen LogP contribution in [-0.4, -0.2) is 20.1 Å². The van der Waals surface area contributed by atoms with Crippen molar-refractivity contribution in [2.45, 2.75) is 19.9 Å². The van der Waals surface area contributed by atoms with Gasteiger partial charge >= 0.3 is 0 Å². The number of carbonyl (C=O) groups excluding carboxylic acids is 1. The molecule has 0 aliphatic carbocycles. The number of methoxy groups -OCH3 is 2. The quantitative estimate of drug-likeness (QED) is 0.832. The summed E-state index contributed by atoms with van der Waals surface area (Å²) in [6.45, 7) is 2.34. The normalized spacial score (nSPS) is 10.1. The maximum absolute atomic E-state index is 11.0. The highest BCUT2D eigenvalue weighted by molar-refractivity contribution is 5.88. The molecule has 0 spiro atoms. The summed E-state index contributed by atoms with van der Waals surface area (Å²) in [6, 6.07) is 9.71. The van der Waals surface area contributed by atoms with Crippen molar-refractivity contribution in [1.82, 2.24) is 0 Å². The van der Waals surface area contributed by atoms with Crippen molar-refractivity contribution in [3.8, 4) is 11.5 Å². The molecule has 0 atom stereocenters. The lowest BCUT2D eigenvalue weighted by Crippen LogP contribution is -2.33. The number of hydrogen-bond donors (Lipinski definition) is 1. The van der Waals surface area contributed by atoms with E-state index in [4.69, 9.17) is 9.47 Å². The molecule has 0 unspecified atom stereocenters. The molecule has 1 aromatic heterocycles. The van der Waals surface area contributed by atoms with Crippen molar-refractivity contribution in [3.63, 3.8) is 0 Å². The minimum absolute atomic E-state index is 0.0666. The van der Waals surface area contributed by atoms with E-state index >= 15 is 0 Å². The van der Waals surface area contributed by atoms with E-state index in [2.05, 4.69) is 9.88 Å². The molecule has 22 heavy (non-hydrogen) atoms. The highest BCUT2D eigenvalue weighted by atomic mass is 16.5. The molecule has 0 aliphatic rings. The number of anilines is 1. The molecule has 5 heteroatoms. The molecule has 2 aromatic rings. The van der Waals surface area contributed by atoms with Gasteiger partial charge in [-0.3, -0.25) is 4.79 Å². The van der Waals surface area contributed by atoms with Crippen LogP contribution in [0.2, 0.25) is 0 Å². The third-order valence-electron chi connectivity index (χ3n) is 3.32. The molecule has 116 valence electrons. The fraction of sp³-hybridized carbons (Fsp3) is 0.294. The predicted molar refractivity (Wildman–Crippen MR) is 84.2 cm³/mol. The van der Waals surface area contributed by atoms with Gasteiger partial charge in [-0.2, -0.15) is 0 Å². The summed E-state index contributed by atoms with van der Waals surface area (Å²) in [4.78, 5) is 11.0. The summed E-state index contributed by atoms with van der Waals surface area (Å²) in [5.74, 6) is 1.41. The Kier molecular flexibility index (Phi) is 5.36. The van der Waals surface area contributed by atoms with Crippen LogP contribution in [0.25, 0.3) is 0 Å². The molecule has 0 bridgehead atoms. The molecular formula is C17H21N2O3+. The maximum atomic E-state index is 11.0. The topological polar surface area (TPSA) is 51.4 Å². The first-order valence-corrected chi connectivity index (χ1v) is 7.10. The Bertz CT molecular complexity index is 639. The second-order valence-corrected chi connectivity index (χ2v) is 4.95. The SMILES string of the molecule is COc1ccc(CC[n+]2ccc(NC(C)=O)cc2)cc1OC. The number of benzene rings is 1. The van der Waals surface area contributed by atoms with Gasteiger partial charge in [0.15, 0.2) is 30.4 Å². The Morgan fingerprint density at radius 3 is 2.36 bits per heavy atom. The molecule has 1 amide bonds. The zero-order chi connectivity index (χ0) is 15.9. The summed E-state index contributed by atoms with van der Waals surface area (Å²) in [5, 5.41) is 2.75. The van der Waals surface area contributed by atoms with Crippen LogP contribution >= 0.6 is 0 Å². The first-order valence-electron chi connectivity index (χ1n) is 7.10. The van der Waals surface area contributed by atoms with E-state index in [1.54, 1.807) is 14.2 Å². The van der Waals surface area contributed by atoms with Gasteiger partial charge in [0.1, 0.15) is 0 Å². The monoisotopic (exact) mass is 301 g/mol. The summed E-state index contributed by atoms with van der Waals surface area (Å²) in [5.41, 5.74) is 1.98. The van der Waals surface area contributed by atoms with Crippen molar-refractivity contribution in [2.24, 2.45) is 0 Å². The van der Waals surface area contributed by atoms with Gasteiger partial charge in [0, 0.05) is 25.5 Å².